The molecule has 3 unspecified atom stereocenters. The van der Waals surface area contributed by atoms with Crippen LogP contribution >= 0.6 is 15.9 Å². The Kier molecular flexibility index (Phi) is 7.73. The number of ketones is 1. The van der Waals surface area contributed by atoms with Gasteiger partial charge in [-0.3, -0.25) is 14.4 Å². The van der Waals surface area contributed by atoms with Crippen molar-refractivity contribution < 1.29 is 14.4 Å². The molecule has 0 bridgehead atoms. The van der Waals surface area contributed by atoms with E-state index >= 15 is 0 Å². The van der Waals surface area contributed by atoms with Crippen LogP contribution < -0.4 is 21.3 Å². The smallest absolute Gasteiger partial charge is 0.252 e. The quantitative estimate of drug-likeness (QED) is 0.362. The SMILES string of the molecule is CC(C)(C)CNc1cc(C(=O)NC2CC3CCCN(c4ccc(C(=O)C5CC5)cn4)C3C2)c(Br)cc1C(N)=O. The van der Waals surface area contributed by atoms with Gasteiger partial charge < -0.3 is 21.3 Å². The minimum Gasteiger partial charge on any atom is -0.384 e. The molecule has 2 aliphatic carbocycles. The molecule has 3 atom stereocenters. The topological polar surface area (TPSA) is 117 Å². The molecule has 39 heavy (non-hydrogen) atoms. The highest BCUT2D eigenvalue weighted by Crippen LogP contribution is 2.39. The van der Waals surface area contributed by atoms with Crippen molar-refractivity contribution in [2.45, 2.75) is 71.4 Å². The third kappa shape index (κ3) is 6.29. The van der Waals surface area contributed by atoms with Crippen molar-refractivity contribution in [2.24, 2.45) is 23.0 Å². The first-order chi connectivity index (χ1) is 18.5. The Bertz CT molecular complexity index is 1270. The zero-order valence-electron chi connectivity index (χ0n) is 22.9. The number of halogens is 1. The van der Waals surface area contributed by atoms with Crippen molar-refractivity contribution in [1.29, 1.82) is 0 Å². The number of hydrogen-bond acceptors (Lipinski definition) is 6. The van der Waals surface area contributed by atoms with Crippen LogP contribution in [0.1, 0.15) is 90.4 Å². The van der Waals surface area contributed by atoms with Crippen molar-refractivity contribution in [3.63, 3.8) is 0 Å². The molecule has 9 heteroatoms. The number of nitrogens with two attached hydrogens (primary N) is 1. The number of piperidine rings is 1. The molecule has 8 nitrogen and oxygen atoms in total. The average Bonchev–Trinajstić information content (AvgIpc) is 3.66. The number of rotatable bonds is 8. The lowest BCUT2D eigenvalue weighted by Gasteiger charge is -2.38. The molecule has 5 rings (SSSR count). The number of Topliss-reactive ketones (excluding diaryl/α,β-unsaturated/α-hetero) is 1. The first-order valence-electron chi connectivity index (χ1n) is 13.9. The van der Waals surface area contributed by atoms with E-state index < -0.39 is 5.91 Å². The minimum atomic E-state index is -0.544. The highest BCUT2D eigenvalue weighted by atomic mass is 79.9. The summed E-state index contributed by atoms with van der Waals surface area (Å²) in [7, 11) is 0. The standard InChI is InChI=1S/C30H38BrN5O3/c1-30(2,3)16-34-24-14-21(23(31)13-22(24)28(32)38)29(39)35-20-11-18-5-4-10-36(25(18)12-20)26-9-8-19(15-33-26)27(37)17-6-7-17/h8-9,13-15,17-18,20,25,34H,4-7,10-12,16H2,1-3H3,(H2,32,38)(H,35,39). The maximum atomic E-state index is 13.4. The summed E-state index contributed by atoms with van der Waals surface area (Å²) in [5.74, 6) is 1.06. The van der Waals surface area contributed by atoms with Crippen LogP contribution in [-0.2, 0) is 0 Å². The molecule has 0 spiro atoms. The van der Waals surface area contributed by atoms with Gasteiger partial charge >= 0.3 is 0 Å². The van der Waals surface area contributed by atoms with Crippen LogP contribution in [0.2, 0.25) is 0 Å². The first kappa shape index (κ1) is 27.6. The Balaban J connectivity index is 1.28. The molecule has 1 aromatic carbocycles. The Labute approximate surface area is 238 Å². The number of hydrogen-bond donors (Lipinski definition) is 3. The number of nitrogens with one attached hydrogen (secondary N) is 2. The molecule has 2 heterocycles. The lowest BCUT2D eigenvalue weighted by molar-refractivity contribution is 0.0933. The second-order valence-electron chi connectivity index (χ2n) is 12.5. The summed E-state index contributed by atoms with van der Waals surface area (Å²) in [6.07, 6.45) is 7.67. The van der Waals surface area contributed by atoms with E-state index in [9.17, 15) is 14.4 Å². The van der Waals surface area contributed by atoms with Crippen LogP contribution in [0.3, 0.4) is 0 Å². The fourth-order valence-corrected chi connectivity index (χ4v) is 6.41. The summed E-state index contributed by atoms with van der Waals surface area (Å²) in [4.78, 5) is 44.9. The number of pyridine rings is 1. The number of nitrogens with zero attached hydrogens (tertiary/aromatic N) is 2. The Hall–Kier alpha value is -2.94. The average molecular weight is 597 g/mol. The molecule has 1 aromatic heterocycles. The van der Waals surface area contributed by atoms with Crippen molar-refractivity contribution in [1.82, 2.24) is 10.3 Å². The van der Waals surface area contributed by atoms with Gasteiger partial charge in [0.25, 0.3) is 11.8 Å². The molecule has 2 aromatic rings. The highest BCUT2D eigenvalue weighted by Gasteiger charge is 2.41. The molecule has 2 saturated carbocycles. The van der Waals surface area contributed by atoms with Gasteiger partial charge in [0.15, 0.2) is 5.78 Å². The van der Waals surface area contributed by atoms with E-state index in [0.29, 0.717) is 45.4 Å². The van der Waals surface area contributed by atoms with Gasteiger partial charge in [-0.2, -0.15) is 0 Å². The second-order valence-corrected chi connectivity index (χ2v) is 13.4. The molecule has 1 saturated heterocycles. The van der Waals surface area contributed by atoms with Gasteiger partial charge in [-0.1, -0.05) is 20.8 Å². The summed E-state index contributed by atoms with van der Waals surface area (Å²) in [6, 6.07) is 7.58. The molecular weight excluding hydrogens is 558 g/mol. The van der Waals surface area contributed by atoms with E-state index in [1.54, 1.807) is 18.3 Å². The number of benzene rings is 1. The minimum absolute atomic E-state index is 0.0155. The molecule has 4 N–H and O–H groups in total. The molecule has 3 aliphatic rings. The predicted molar refractivity (Wildman–Crippen MR) is 156 cm³/mol. The summed E-state index contributed by atoms with van der Waals surface area (Å²) in [5, 5.41) is 6.55. The van der Waals surface area contributed by atoms with Crippen LogP contribution in [0.5, 0.6) is 0 Å². The predicted octanol–water partition coefficient (Wildman–Crippen LogP) is 5.17. The largest absolute Gasteiger partial charge is 0.384 e. The molecule has 1 aliphatic heterocycles. The number of anilines is 2. The summed E-state index contributed by atoms with van der Waals surface area (Å²) in [5.41, 5.74) is 7.69. The normalized spacial score (nSPS) is 22.8. The summed E-state index contributed by atoms with van der Waals surface area (Å²) >= 11 is 3.48. The van der Waals surface area contributed by atoms with E-state index in [2.05, 4.69) is 57.2 Å². The third-order valence-corrected chi connectivity index (χ3v) is 8.72. The zero-order chi connectivity index (χ0) is 27.9. The second kappa shape index (κ2) is 10.9. The van der Waals surface area contributed by atoms with Crippen LogP contribution in [0.25, 0.3) is 0 Å². The van der Waals surface area contributed by atoms with E-state index in [0.717, 1.165) is 50.9 Å². The zero-order valence-corrected chi connectivity index (χ0v) is 24.5. The van der Waals surface area contributed by atoms with Gasteiger partial charge in [-0.15, -0.1) is 0 Å². The van der Waals surface area contributed by atoms with Crippen LogP contribution in [-0.4, -0.2) is 47.8 Å². The fraction of sp³-hybridized carbons (Fsp3) is 0.533. The molecule has 2 amide bonds. The van der Waals surface area contributed by atoms with E-state index in [1.807, 2.05) is 12.1 Å². The van der Waals surface area contributed by atoms with Gasteiger partial charge in [-0.25, -0.2) is 4.98 Å². The summed E-state index contributed by atoms with van der Waals surface area (Å²) in [6.45, 7) is 7.83. The van der Waals surface area contributed by atoms with E-state index in [1.165, 1.54) is 0 Å². The van der Waals surface area contributed by atoms with Gasteiger partial charge in [0, 0.05) is 53.0 Å². The van der Waals surface area contributed by atoms with E-state index in [-0.39, 0.29) is 29.1 Å². The third-order valence-electron chi connectivity index (χ3n) is 8.07. The number of fused-ring (bicyclic) bond motifs is 1. The van der Waals surface area contributed by atoms with Gasteiger partial charge in [0.05, 0.1) is 11.1 Å². The van der Waals surface area contributed by atoms with Crippen molar-refractivity contribution in [2.75, 3.05) is 23.3 Å². The molecular formula is C30H38BrN5O3. The maximum Gasteiger partial charge on any atom is 0.252 e. The van der Waals surface area contributed by atoms with Crippen LogP contribution in [0, 0.1) is 17.3 Å². The van der Waals surface area contributed by atoms with Gasteiger partial charge in [0.1, 0.15) is 5.82 Å². The van der Waals surface area contributed by atoms with E-state index in [4.69, 9.17) is 5.73 Å². The number of amides is 2. The Morgan fingerprint density at radius 2 is 1.87 bits per heavy atom. The number of aromatic nitrogens is 1. The van der Waals surface area contributed by atoms with Crippen molar-refractivity contribution in [3.05, 3.63) is 51.6 Å². The number of primary amides is 1. The Morgan fingerprint density at radius 1 is 1.10 bits per heavy atom. The van der Waals surface area contributed by atoms with Crippen LogP contribution in [0.15, 0.2) is 34.9 Å². The maximum absolute atomic E-state index is 13.4. The van der Waals surface area contributed by atoms with Crippen molar-refractivity contribution >= 4 is 45.0 Å². The number of carbonyl (C=O) groups excluding carboxylic acids is 3. The van der Waals surface area contributed by atoms with Crippen LogP contribution in [0.4, 0.5) is 11.5 Å². The van der Waals surface area contributed by atoms with Gasteiger partial charge in [-0.05, 0) is 90.1 Å². The highest BCUT2D eigenvalue weighted by molar-refractivity contribution is 9.10. The lowest BCUT2D eigenvalue weighted by Crippen LogP contribution is -2.43. The monoisotopic (exact) mass is 595 g/mol. The first-order valence-corrected chi connectivity index (χ1v) is 14.7. The molecule has 3 fully saturated rings. The fourth-order valence-electron chi connectivity index (χ4n) is 5.89. The molecule has 208 valence electrons. The Morgan fingerprint density at radius 3 is 2.51 bits per heavy atom. The van der Waals surface area contributed by atoms with Gasteiger partial charge in [0.2, 0.25) is 0 Å². The number of carbonyl (C=O) groups is 3. The molecule has 0 radical (unpaired) electrons. The lowest BCUT2D eigenvalue weighted by atomic mass is 9.92. The van der Waals surface area contributed by atoms with Crippen molar-refractivity contribution in [3.8, 4) is 0 Å². The summed E-state index contributed by atoms with van der Waals surface area (Å²) < 4.78 is 0.539.